The normalized spacial score (nSPS) is 13.0. The van der Waals surface area contributed by atoms with Crippen LogP contribution in [0.4, 0.5) is 10.1 Å². The fraction of sp³-hybridized carbons (Fsp3) is 0.217. The molecule has 0 saturated heterocycles. The van der Waals surface area contributed by atoms with Crippen LogP contribution in [-0.4, -0.2) is 34.8 Å². The van der Waals surface area contributed by atoms with Crippen LogP contribution in [0.15, 0.2) is 71.6 Å². The van der Waals surface area contributed by atoms with Crippen LogP contribution in [0.25, 0.3) is 0 Å². The van der Waals surface area contributed by atoms with Crippen molar-refractivity contribution >= 4 is 15.7 Å². The Labute approximate surface area is 180 Å². The summed E-state index contributed by atoms with van der Waals surface area (Å²) in [4.78, 5) is 0.0527. The van der Waals surface area contributed by atoms with E-state index < -0.39 is 15.8 Å². The smallest absolute Gasteiger partial charge is 0.264 e. The number of rotatable bonds is 7. The molecular weight excluding hydrogens is 421 g/mol. The van der Waals surface area contributed by atoms with Crippen LogP contribution in [0.3, 0.4) is 0 Å². The third-order valence-corrected chi connectivity index (χ3v) is 6.69. The monoisotopic (exact) mass is 443 g/mol. The van der Waals surface area contributed by atoms with Crippen LogP contribution < -0.4 is 18.5 Å². The molecule has 3 aromatic carbocycles. The summed E-state index contributed by atoms with van der Waals surface area (Å²) in [6.45, 7) is 2.83. The van der Waals surface area contributed by atoms with E-state index in [1.807, 2.05) is 31.2 Å². The van der Waals surface area contributed by atoms with Gasteiger partial charge in [-0.25, -0.2) is 12.8 Å². The first-order chi connectivity index (χ1) is 14.9. The number of ether oxygens (including phenoxy) is 3. The molecule has 0 bridgehead atoms. The Morgan fingerprint density at radius 1 is 0.968 bits per heavy atom. The number of para-hydroxylation sites is 1. The molecule has 0 atom stereocenters. The van der Waals surface area contributed by atoms with Gasteiger partial charge >= 0.3 is 0 Å². The van der Waals surface area contributed by atoms with Gasteiger partial charge in [-0.1, -0.05) is 18.2 Å². The van der Waals surface area contributed by atoms with Gasteiger partial charge in [0.25, 0.3) is 10.0 Å². The third-order valence-electron chi connectivity index (χ3n) is 4.86. The highest BCUT2D eigenvalue weighted by Gasteiger charge is 2.27. The molecule has 6 nitrogen and oxygen atoms in total. The summed E-state index contributed by atoms with van der Waals surface area (Å²) in [7, 11) is -3.97. The summed E-state index contributed by atoms with van der Waals surface area (Å²) >= 11 is 0. The van der Waals surface area contributed by atoms with E-state index in [4.69, 9.17) is 14.2 Å². The van der Waals surface area contributed by atoms with E-state index in [0.717, 1.165) is 5.56 Å². The largest absolute Gasteiger partial charge is 0.491 e. The number of sulfonamides is 1. The van der Waals surface area contributed by atoms with Crippen molar-refractivity contribution in [1.29, 1.82) is 0 Å². The van der Waals surface area contributed by atoms with E-state index in [0.29, 0.717) is 36.1 Å². The summed E-state index contributed by atoms with van der Waals surface area (Å²) in [5.74, 6) is 1.11. The first-order valence-electron chi connectivity index (χ1n) is 9.81. The topological polar surface area (TPSA) is 65.1 Å². The lowest BCUT2D eigenvalue weighted by atomic mass is 10.2. The molecule has 0 unspecified atom stereocenters. The quantitative estimate of drug-likeness (QED) is 0.548. The fourth-order valence-electron chi connectivity index (χ4n) is 3.26. The van der Waals surface area contributed by atoms with Crippen LogP contribution in [-0.2, 0) is 10.0 Å². The van der Waals surface area contributed by atoms with Crippen LogP contribution in [0.2, 0.25) is 0 Å². The van der Waals surface area contributed by atoms with E-state index in [2.05, 4.69) is 0 Å². The number of halogens is 1. The molecule has 0 saturated carbocycles. The Kier molecular flexibility index (Phi) is 5.99. The highest BCUT2D eigenvalue weighted by Crippen LogP contribution is 2.34. The molecule has 1 aliphatic heterocycles. The lowest BCUT2D eigenvalue weighted by Crippen LogP contribution is -2.35. The fourth-order valence-corrected chi connectivity index (χ4v) is 4.73. The predicted molar refractivity (Wildman–Crippen MR) is 115 cm³/mol. The Hall–Kier alpha value is -3.26. The van der Waals surface area contributed by atoms with Crippen molar-refractivity contribution in [2.45, 2.75) is 11.8 Å². The molecule has 0 radical (unpaired) electrons. The molecule has 0 spiro atoms. The minimum Gasteiger partial charge on any atom is -0.491 e. The molecular formula is C23H22FNO5S. The van der Waals surface area contributed by atoms with Crippen LogP contribution >= 0.6 is 0 Å². The second-order valence-corrected chi connectivity index (χ2v) is 8.84. The van der Waals surface area contributed by atoms with Crippen molar-refractivity contribution in [3.63, 3.8) is 0 Å². The van der Waals surface area contributed by atoms with Crippen molar-refractivity contribution in [3.8, 4) is 17.2 Å². The molecule has 0 amide bonds. The molecule has 162 valence electrons. The SMILES string of the molecule is Cc1ccccc1OCCN(c1ccc(F)cc1)S(=O)(=O)c1ccc2c(c1)OCCO2. The molecule has 3 aromatic rings. The Bertz CT molecular complexity index is 1160. The van der Waals surface area contributed by atoms with Gasteiger partial charge in [-0.15, -0.1) is 0 Å². The van der Waals surface area contributed by atoms with Crippen molar-refractivity contribution in [3.05, 3.63) is 78.1 Å². The van der Waals surface area contributed by atoms with E-state index >= 15 is 0 Å². The first kappa shape index (κ1) is 21.0. The first-order valence-corrected chi connectivity index (χ1v) is 11.3. The number of fused-ring (bicyclic) bond motifs is 1. The second kappa shape index (κ2) is 8.85. The third kappa shape index (κ3) is 4.59. The van der Waals surface area contributed by atoms with Crippen LogP contribution in [0.1, 0.15) is 5.56 Å². The number of aryl methyl sites for hydroxylation is 1. The van der Waals surface area contributed by atoms with Gasteiger partial charge in [-0.05, 0) is 55.0 Å². The zero-order valence-electron chi connectivity index (χ0n) is 17.0. The van der Waals surface area contributed by atoms with Gasteiger partial charge in [0, 0.05) is 6.07 Å². The minimum atomic E-state index is -3.97. The molecule has 1 aliphatic rings. The maximum atomic E-state index is 13.5. The van der Waals surface area contributed by atoms with Gasteiger partial charge < -0.3 is 14.2 Å². The number of nitrogens with zero attached hydrogens (tertiary/aromatic N) is 1. The van der Waals surface area contributed by atoms with Gasteiger partial charge in [-0.2, -0.15) is 0 Å². The minimum absolute atomic E-state index is 0.0384. The molecule has 0 fully saturated rings. The van der Waals surface area contributed by atoms with Gasteiger partial charge in [0.05, 0.1) is 17.1 Å². The van der Waals surface area contributed by atoms with Crippen molar-refractivity contribution in [1.82, 2.24) is 0 Å². The van der Waals surface area contributed by atoms with E-state index in [1.165, 1.54) is 40.7 Å². The Morgan fingerprint density at radius 2 is 1.68 bits per heavy atom. The Balaban J connectivity index is 1.63. The predicted octanol–water partition coefficient (Wildman–Crippen LogP) is 4.18. The average Bonchev–Trinajstić information content (AvgIpc) is 2.78. The van der Waals surface area contributed by atoms with Crippen LogP contribution in [0, 0.1) is 12.7 Å². The molecule has 0 aromatic heterocycles. The average molecular weight is 443 g/mol. The molecule has 1 heterocycles. The summed E-state index contributed by atoms with van der Waals surface area (Å²) < 4.78 is 58.5. The standard InChI is InChI=1S/C23H22FNO5S/c1-17-4-2-3-5-21(17)28-13-12-25(19-8-6-18(24)7-9-19)31(26,27)20-10-11-22-23(16-20)30-15-14-29-22/h2-11,16H,12-15H2,1H3. The number of hydrogen-bond donors (Lipinski definition) is 0. The molecule has 31 heavy (non-hydrogen) atoms. The highest BCUT2D eigenvalue weighted by atomic mass is 32.2. The van der Waals surface area contributed by atoms with Crippen LogP contribution in [0.5, 0.6) is 17.2 Å². The molecule has 0 aliphatic carbocycles. The zero-order valence-corrected chi connectivity index (χ0v) is 17.8. The number of anilines is 1. The van der Waals surface area contributed by atoms with Gasteiger partial charge in [0.1, 0.15) is 31.4 Å². The van der Waals surface area contributed by atoms with E-state index in [-0.39, 0.29) is 18.0 Å². The summed E-state index contributed by atoms with van der Waals surface area (Å²) in [5, 5.41) is 0. The van der Waals surface area contributed by atoms with E-state index in [1.54, 1.807) is 6.07 Å². The zero-order chi connectivity index (χ0) is 21.8. The van der Waals surface area contributed by atoms with Gasteiger partial charge in [0.2, 0.25) is 0 Å². The summed E-state index contributed by atoms with van der Waals surface area (Å²) in [6.07, 6.45) is 0. The van der Waals surface area contributed by atoms with Gasteiger partial charge in [-0.3, -0.25) is 4.31 Å². The molecule has 0 N–H and O–H groups in total. The number of hydrogen-bond acceptors (Lipinski definition) is 5. The molecule has 4 rings (SSSR count). The lowest BCUT2D eigenvalue weighted by Gasteiger charge is -2.26. The molecule has 8 heteroatoms. The lowest BCUT2D eigenvalue weighted by molar-refractivity contribution is 0.171. The maximum Gasteiger partial charge on any atom is 0.264 e. The summed E-state index contributed by atoms with van der Waals surface area (Å²) in [5.41, 5.74) is 1.29. The second-order valence-electron chi connectivity index (χ2n) is 6.97. The van der Waals surface area contributed by atoms with Crippen molar-refractivity contribution < 1.29 is 27.0 Å². The van der Waals surface area contributed by atoms with Crippen molar-refractivity contribution in [2.75, 3.05) is 30.7 Å². The van der Waals surface area contributed by atoms with Gasteiger partial charge in [0.15, 0.2) is 11.5 Å². The highest BCUT2D eigenvalue weighted by molar-refractivity contribution is 7.92. The van der Waals surface area contributed by atoms with E-state index in [9.17, 15) is 12.8 Å². The maximum absolute atomic E-state index is 13.5. The summed E-state index contributed by atoms with van der Waals surface area (Å²) in [6, 6.07) is 17.3. The number of benzene rings is 3. The van der Waals surface area contributed by atoms with Crippen molar-refractivity contribution in [2.24, 2.45) is 0 Å². The Morgan fingerprint density at radius 3 is 2.42 bits per heavy atom.